The Balaban J connectivity index is 1.78. The van der Waals surface area contributed by atoms with Gasteiger partial charge in [-0.15, -0.1) is 0 Å². The summed E-state index contributed by atoms with van der Waals surface area (Å²) in [6.07, 6.45) is 3.50. The number of amides is 1. The molecule has 1 fully saturated rings. The van der Waals surface area contributed by atoms with Gasteiger partial charge in [0.05, 0.1) is 23.5 Å². The second-order valence-electron chi connectivity index (χ2n) is 5.29. The fraction of sp³-hybridized carbons (Fsp3) is 0.643. The van der Waals surface area contributed by atoms with E-state index in [0.717, 1.165) is 19.6 Å². The van der Waals surface area contributed by atoms with Gasteiger partial charge in [0.15, 0.2) is 0 Å². The zero-order valence-electron chi connectivity index (χ0n) is 12.3. The Kier molecular flexibility index (Phi) is 5.03. The van der Waals surface area contributed by atoms with E-state index < -0.39 is 0 Å². The number of carbonyl (C=O) groups excluding carboxylic acids is 1. The lowest BCUT2D eigenvalue weighted by Gasteiger charge is -2.35. The molecule has 1 aromatic heterocycles. The van der Waals surface area contributed by atoms with Gasteiger partial charge < -0.3 is 10.1 Å². The summed E-state index contributed by atoms with van der Waals surface area (Å²) in [6, 6.07) is 0. The number of aromatic nitrogens is 2. The van der Waals surface area contributed by atoms with Crippen LogP contribution in [0.4, 0.5) is 0 Å². The lowest BCUT2D eigenvalue weighted by atomic mass is 10.2. The van der Waals surface area contributed by atoms with Gasteiger partial charge in [-0.05, 0) is 20.8 Å². The first-order chi connectivity index (χ1) is 9.56. The van der Waals surface area contributed by atoms with Crippen LogP contribution in [0.3, 0.4) is 0 Å². The highest BCUT2D eigenvalue weighted by Gasteiger charge is 2.21. The van der Waals surface area contributed by atoms with Gasteiger partial charge in [0.1, 0.15) is 6.33 Å². The van der Waals surface area contributed by atoms with Crippen molar-refractivity contribution in [3.63, 3.8) is 0 Å². The van der Waals surface area contributed by atoms with E-state index in [9.17, 15) is 4.79 Å². The van der Waals surface area contributed by atoms with Crippen LogP contribution in [0.1, 0.15) is 29.9 Å². The molecule has 1 aromatic rings. The number of aryl methyl sites for hydroxylation is 1. The standard InChI is InChI=1S/C14H22N4O2/c1-10-7-18(8-11(2)20-10)5-4-16-14(19)13-6-15-9-17-12(13)3/h6,9-11H,4-5,7-8H2,1-3H3,(H,16,19)/t10-,11+. The number of nitrogens with zero attached hydrogens (tertiary/aromatic N) is 3. The van der Waals surface area contributed by atoms with E-state index in [1.807, 2.05) is 6.92 Å². The van der Waals surface area contributed by atoms with Gasteiger partial charge in [0, 0.05) is 32.4 Å². The molecule has 0 aliphatic carbocycles. The smallest absolute Gasteiger partial charge is 0.254 e. The van der Waals surface area contributed by atoms with Crippen LogP contribution in [-0.2, 0) is 4.74 Å². The largest absolute Gasteiger partial charge is 0.373 e. The van der Waals surface area contributed by atoms with Crippen molar-refractivity contribution in [3.05, 3.63) is 23.8 Å². The van der Waals surface area contributed by atoms with Crippen molar-refractivity contribution in [3.8, 4) is 0 Å². The molecule has 1 aliphatic heterocycles. The van der Waals surface area contributed by atoms with Crippen LogP contribution >= 0.6 is 0 Å². The predicted octanol–water partition coefficient (Wildman–Crippen LogP) is 0.624. The van der Waals surface area contributed by atoms with Gasteiger partial charge in [0.2, 0.25) is 0 Å². The van der Waals surface area contributed by atoms with Crippen molar-refractivity contribution in [2.24, 2.45) is 0 Å². The van der Waals surface area contributed by atoms with Gasteiger partial charge in [-0.3, -0.25) is 9.69 Å². The van der Waals surface area contributed by atoms with Crippen molar-refractivity contribution >= 4 is 5.91 Å². The fourth-order valence-electron chi connectivity index (χ4n) is 2.50. The predicted molar refractivity (Wildman–Crippen MR) is 75.6 cm³/mol. The van der Waals surface area contributed by atoms with E-state index in [1.54, 1.807) is 6.20 Å². The van der Waals surface area contributed by atoms with Gasteiger partial charge in [0.25, 0.3) is 5.91 Å². The number of rotatable bonds is 4. The third-order valence-electron chi connectivity index (χ3n) is 3.36. The number of nitrogens with one attached hydrogen (secondary N) is 1. The van der Waals surface area contributed by atoms with Gasteiger partial charge in [-0.2, -0.15) is 0 Å². The quantitative estimate of drug-likeness (QED) is 0.874. The van der Waals surface area contributed by atoms with Gasteiger partial charge in [-0.1, -0.05) is 0 Å². The average molecular weight is 278 g/mol. The summed E-state index contributed by atoms with van der Waals surface area (Å²) in [7, 11) is 0. The van der Waals surface area contributed by atoms with E-state index in [4.69, 9.17) is 4.74 Å². The van der Waals surface area contributed by atoms with E-state index >= 15 is 0 Å². The van der Waals surface area contributed by atoms with Crippen molar-refractivity contribution in [1.29, 1.82) is 0 Å². The molecule has 1 amide bonds. The SMILES string of the molecule is Cc1ncncc1C(=O)NCCN1C[C@@H](C)O[C@@H](C)C1. The molecule has 0 saturated carbocycles. The maximum absolute atomic E-state index is 12.0. The molecular formula is C14H22N4O2. The zero-order chi connectivity index (χ0) is 14.5. The van der Waals surface area contributed by atoms with E-state index in [-0.39, 0.29) is 18.1 Å². The van der Waals surface area contributed by atoms with Crippen LogP contribution in [0.2, 0.25) is 0 Å². The highest BCUT2D eigenvalue weighted by atomic mass is 16.5. The highest BCUT2D eigenvalue weighted by molar-refractivity contribution is 5.94. The molecule has 0 bridgehead atoms. The van der Waals surface area contributed by atoms with Crippen LogP contribution in [0.5, 0.6) is 0 Å². The third-order valence-corrected chi connectivity index (χ3v) is 3.36. The first-order valence-corrected chi connectivity index (χ1v) is 6.99. The molecular weight excluding hydrogens is 256 g/mol. The molecule has 6 nitrogen and oxygen atoms in total. The molecule has 0 spiro atoms. The molecule has 1 saturated heterocycles. The van der Waals surface area contributed by atoms with Gasteiger partial charge in [-0.25, -0.2) is 9.97 Å². The third kappa shape index (κ3) is 3.98. The Labute approximate surface area is 119 Å². The minimum Gasteiger partial charge on any atom is -0.373 e. The van der Waals surface area contributed by atoms with Crippen LogP contribution in [-0.4, -0.2) is 59.2 Å². The molecule has 1 N–H and O–H groups in total. The molecule has 2 atom stereocenters. The number of hydrogen-bond donors (Lipinski definition) is 1. The second-order valence-corrected chi connectivity index (χ2v) is 5.29. The van der Waals surface area contributed by atoms with E-state index in [1.165, 1.54) is 6.33 Å². The Morgan fingerprint density at radius 1 is 1.45 bits per heavy atom. The van der Waals surface area contributed by atoms with Crippen LogP contribution in [0.25, 0.3) is 0 Å². The molecule has 1 aliphatic rings. The topological polar surface area (TPSA) is 67.4 Å². The summed E-state index contributed by atoms with van der Waals surface area (Å²) in [5, 5.41) is 2.92. The Morgan fingerprint density at radius 3 is 2.80 bits per heavy atom. The van der Waals surface area contributed by atoms with Crippen molar-refractivity contribution in [1.82, 2.24) is 20.2 Å². The molecule has 0 unspecified atom stereocenters. The summed E-state index contributed by atoms with van der Waals surface area (Å²) in [6.45, 7) is 9.23. The first-order valence-electron chi connectivity index (χ1n) is 6.99. The summed E-state index contributed by atoms with van der Waals surface area (Å²) in [5.74, 6) is -0.113. The van der Waals surface area contributed by atoms with Crippen molar-refractivity contribution < 1.29 is 9.53 Å². The fourth-order valence-corrected chi connectivity index (χ4v) is 2.50. The molecule has 0 aromatic carbocycles. The minimum atomic E-state index is -0.113. The second kappa shape index (κ2) is 6.76. The lowest BCUT2D eigenvalue weighted by molar-refractivity contribution is -0.0672. The average Bonchev–Trinajstić information content (AvgIpc) is 2.38. The molecule has 6 heteroatoms. The normalized spacial score (nSPS) is 23.6. The number of hydrogen-bond acceptors (Lipinski definition) is 5. The molecule has 2 heterocycles. The summed E-state index contributed by atoms with van der Waals surface area (Å²) < 4.78 is 5.68. The summed E-state index contributed by atoms with van der Waals surface area (Å²) in [5.41, 5.74) is 1.24. The molecule has 110 valence electrons. The number of ether oxygens (including phenoxy) is 1. The van der Waals surface area contributed by atoms with Gasteiger partial charge >= 0.3 is 0 Å². The van der Waals surface area contributed by atoms with Crippen molar-refractivity contribution in [2.45, 2.75) is 33.0 Å². The lowest BCUT2D eigenvalue weighted by Crippen LogP contribution is -2.47. The van der Waals surface area contributed by atoms with Crippen LogP contribution < -0.4 is 5.32 Å². The Morgan fingerprint density at radius 2 is 2.15 bits per heavy atom. The molecule has 20 heavy (non-hydrogen) atoms. The maximum atomic E-state index is 12.0. The number of morpholine rings is 1. The Hall–Kier alpha value is -1.53. The Bertz CT molecular complexity index is 456. The van der Waals surface area contributed by atoms with E-state index in [0.29, 0.717) is 17.8 Å². The summed E-state index contributed by atoms with van der Waals surface area (Å²) in [4.78, 5) is 22.2. The highest BCUT2D eigenvalue weighted by Crippen LogP contribution is 2.09. The van der Waals surface area contributed by atoms with E-state index in [2.05, 4.69) is 34.0 Å². The first kappa shape index (κ1) is 14.9. The number of carbonyl (C=O) groups is 1. The summed E-state index contributed by atoms with van der Waals surface area (Å²) >= 11 is 0. The van der Waals surface area contributed by atoms with Crippen LogP contribution in [0.15, 0.2) is 12.5 Å². The molecule has 2 rings (SSSR count). The maximum Gasteiger partial charge on any atom is 0.254 e. The molecule has 0 radical (unpaired) electrons. The van der Waals surface area contributed by atoms with Crippen LogP contribution in [0, 0.1) is 6.92 Å². The minimum absolute atomic E-state index is 0.113. The zero-order valence-corrected chi connectivity index (χ0v) is 12.3. The van der Waals surface area contributed by atoms with Crippen molar-refractivity contribution in [2.75, 3.05) is 26.2 Å². The monoisotopic (exact) mass is 278 g/mol.